The van der Waals surface area contributed by atoms with Crippen molar-refractivity contribution in [3.8, 4) is 0 Å². The van der Waals surface area contributed by atoms with E-state index < -0.39 is 73.4 Å². The fraction of sp³-hybridized carbons (Fsp3) is 0.833. The highest BCUT2D eigenvalue weighted by Crippen LogP contribution is 2.20. The normalized spacial score (nSPS) is 46.0. The van der Waals surface area contributed by atoms with Gasteiger partial charge in [-0.3, -0.25) is 0 Å². The smallest absolute Gasteiger partial charge is 0.335 e. The fourth-order valence-corrected chi connectivity index (χ4v) is 2.13. The highest BCUT2D eigenvalue weighted by atomic mass is 16.7. The van der Waals surface area contributed by atoms with E-state index in [9.17, 15) is 9.59 Å². The van der Waals surface area contributed by atoms with E-state index >= 15 is 0 Å². The number of hydrogen-bond donors (Lipinski definition) is 10. The van der Waals surface area contributed by atoms with Crippen LogP contribution >= 0.6 is 0 Å². The lowest BCUT2D eigenvalue weighted by atomic mass is 9.99. The number of hydrogen-bond acceptors (Lipinski definition) is 12. The van der Waals surface area contributed by atoms with Crippen LogP contribution in [0, 0.1) is 0 Å². The molecule has 10 N–H and O–H groups in total. The van der Waals surface area contributed by atoms with Gasteiger partial charge in [-0.05, 0) is 0 Å². The SMILES string of the molecule is O=C(O)C1OC(O)C(O)C(O)C1O.O=C(O)C1OC(O)C(O)C(O)C1O. The van der Waals surface area contributed by atoms with Crippen molar-refractivity contribution in [1.82, 2.24) is 0 Å². The average molecular weight is 388 g/mol. The maximum atomic E-state index is 10.4. The standard InChI is InChI=1S/2C6H10O7/c2*7-1-2(8)4(5(10)11)13-6(12)3(1)9/h2*1-4,6-9,12H,(H,10,11). The molecule has 0 aromatic rings. The molecule has 0 aromatic carbocycles. The quantitative estimate of drug-likeness (QED) is 0.211. The maximum absolute atomic E-state index is 10.4. The summed E-state index contributed by atoms with van der Waals surface area (Å²) < 4.78 is 8.68. The number of carbonyl (C=O) groups is 2. The number of aliphatic hydroxyl groups is 8. The van der Waals surface area contributed by atoms with E-state index in [0.717, 1.165) is 0 Å². The molecule has 2 rings (SSSR count). The second-order valence-corrected chi connectivity index (χ2v) is 5.51. The average Bonchev–Trinajstić information content (AvgIpc) is 2.57. The Morgan fingerprint density at radius 3 is 1.00 bits per heavy atom. The monoisotopic (exact) mass is 388 g/mol. The molecule has 14 heteroatoms. The van der Waals surface area contributed by atoms with Crippen molar-refractivity contribution in [2.24, 2.45) is 0 Å². The molecule has 26 heavy (non-hydrogen) atoms. The molecular formula is C12H20O14. The first-order chi connectivity index (χ1) is 11.9. The third-order valence-corrected chi connectivity index (χ3v) is 3.66. The molecule has 2 saturated heterocycles. The van der Waals surface area contributed by atoms with Crippen LogP contribution in [0.15, 0.2) is 0 Å². The Balaban J connectivity index is 0.000000260. The van der Waals surface area contributed by atoms with Gasteiger partial charge in [-0.25, -0.2) is 9.59 Å². The van der Waals surface area contributed by atoms with Crippen molar-refractivity contribution in [3.63, 3.8) is 0 Å². The predicted molar refractivity (Wildman–Crippen MR) is 73.1 cm³/mol. The fourth-order valence-electron chi connectivity index (χ4n) is 2.13. The minimum atomic E-state index is -1.81. The molecule has 10 unspecified atom stereocenters. The number of ether oxygens (including phenoxy) is 2. The van der Waals surface area contributed by atoms with E-state index in [0.29, 0.717) is 0 Å². The van der Waals surface area contributed by atoms with Gasteiger partial charge in [0.2, 0.25) is 0 Å². The lowest BCUT2D eigenvalue weighted by Gasteiger charge is -2.36. The second kappa shape index (κ2) is 8.96. The molecule has 0 saturated carbocycles. The van der Waals surface area contributed by atoms with E-state index in [-0.39, 0.29) is 0 Å². The van der Waals surface area contributed by atoms with Crippen molar-refractivity contribution in [3.05, 3.63) is 0 Å². The summed E-state index contributed by atoms with van der Waals surface area (Å²) in [5.74, 6) is -3.03. The largest absolute Gasteiger partial charge is 0.479 e. The minimum absolute atomic E-state index is 1.52. The van der Waals surface area contributed by atoms with Crippen molar-refractivity contribution in [1.29, 1.82) is 0 Å². The molecule has 2 aliphatic rings. The van der Waals surface area contributed by atoms with Crippen LogP contribution in [0.5, 0.6) is 0 Å². The second-order valence-electron chi connectivity index (χ2n) is 5.51. The Kier molecular flexibility index (Phi) is 7.78. The lowest BCUT2D eigenvalue weighted by Crippen LogP contribution is -2.59. The van der Waals surface area contributed by atoms with Crippen LogP contribution in [-0.4, -0.2) is 124 Å². The minimum Gasteiger partial charge on any atom is -0.479 e. The number of carboxylic acids is 2. The molecule has 2 aliphatic heterocycles. The van der Waals surface area contributed by atoms with Crippen LogP contribution in [-0.2, 0) is 19.1 Å². The van der Waals surface area contributed by atoms with E-state index in [1.165, 1.54) is 0 Å². The predicted octanol–water partition coefficient (Wildman–Crippen LogP) is -6.26. The molecule has 10 atom stereocenters. The first-order valence-corrected chi connectivity index (χ1v) is 7.11. The Bertz CT molecular complexity index is 454. The molecule has 0 spiro atoms. The van der Waals surface area contributed by atoms with Gasteiger partial charge in [-0.2, -0.15) is 0 Å². The molecule has 152 valence electrons. The summed E-state index contributed by atoms with van der Waals surface area (Å²) in [4.78, 5) is 20.7. The molecule has 0 amide bonds. The molecule has 0 aliphatic carbocycles. The van der Waals surface area contributed by atoms with Gasteiger partial charge in [0.25, 0.3) is 0 Å². The molecular weight excluding hydrogens is 368 g/mol. The van der Waals surface area contributed by atoms with Crippen LogP contribution in [0.25, 0.3) is 0 Å². The highest BCUT2D eigenvalue weighted by molar-refractivity contribution is 5.73. The number of aliphatic carboxylic acids is 2. The van der Waals surface area contributed by atoms with Crippen molar-refractivity contribution < 1.29 is 70.1 Å². The third kappa shape index (κ3) is 4.83. The molecule has 0 aromatic heterocycles. The van der Waals surface area contributed by atoms with E-state index in [1.54, 1.807) is 0 Å². The topological polar surface area (TPSA) is 255 Å². The van der Waals surface area contributed by atoms with E-state index in [4.69, 9.17) is 51.1 Å². The van der Waals surface area contributed by atoms with Crippen LogP contribution in [0.2, 0.25) is 0 Å². The van der Waals surface area contributed by atoms with Gasteiger partial charge in [0.15, 0.2) is 24.8 Å². The zero-order chi connectivity index (χ0) is 20.3. The van der Waals surface area contributed by atoms with Gasteiger partial charge in [0.1, 0.15) is 36.6 Å². The van der Waals surface area contributed by atoms with Crippen LogP contribution in [0.3, 0.4) is 0 Å². The number of rotatable bonds is 2. The maximum Gasteiger partial charge on any atom is 0.335 e. The van der Waals surface area contributed by atoms with Crippen LogP contribution in [0.4, 0.5) is 0 Å². The number of aliphatic hydroxyl groups excluding tert-OH is 8. The number of carboxylic acid groups (broad SMARTS) is 2. The van der Waals surface area contributed by atoms with Gasteiger partial charge < -0.3 is 60.5 Å². The summed E-state index contributed by atoms with van der Waals surface area (Å²) in [6.45, 7) is 0. The van der Waals surface area contributed by atoms with Gasteiger partial charge in [0, 0.05) is 0 Å². The summed E-state index contributed by atoms with van der Waals surface area (Å²) in [6.07, 6.45) is -17.4. The molecule has 2 fully saturated rings. The van der Waals surface area contributed by atoms with E-state index in [1.807, 2.05) is 0 Å². The summed E-state index contributed by atoms with van der Waals surface area (Å²) in [5, 5.41) is 88.7. The van der Waals surface area contributed by atoms with Gasteiger partial charge in [0.05, 0.1) is 0 Å². The first-order valence-electron chi connectivity index (χ1n) is 7.11. The zero-order valence-electron chi connectivity index (χ0n) is 12.9. The summed E-state index contributed by atoms with van der Waals surface area (Å²) in [7, 11) is 0. The van der Waals surface area contributed by atoms with Crippen molar-refractivity contribution in [2.75, 3.05) is 0 Å². The van der Waals surface area contributed by atoms with Crippen LogP contribution < -0.4 is 0 Å². The Morgan fingerprint density at radius 2 is 0.769 bits per heavy atom. The summed E-state index contributed by atoms with van der Waals surface area (Å²) >= 11 is 0. The van der Waals surface area contributed by atoms with Gasteiger partial charge >= 0.3 is 11.9 Å². The third-order valence-electron chi connectivity index (χ3n) is 3.66. The molecule has 0 bridgehead atoms. The molecule has 0 radical (unpaired) electrons. The summed E-state index contributed by atoms with van der Waals surface area (Å²) in [5.41, 5.74) is 0. The Hall–Kier alpha value is -1.46. The highest BCUT2D eigenvalue weighted by Gasteiger charge is 2.47. The van der Waals surface area contributed by atoms with Gasteiger partial charge in [-0.1, -0.05) is 0 Å². The van der Waals surface area contributed by atoms with Gasteiger partial charge in [-0.15, -0.1) is 0 Å². The van der Waals surface area contributed by atoms with Crippen LogP contribution in [0.1, 0.15) is 0 Å². The molecule has 2 heterocycles. The Morgan fingerprint density at radius 1 is 0.500 bits per heavy atom. The Labute approximate surface area is 144 Å². The van der Waals surface area contributed by atoms with Crippen molar-refractivity contribution >= 4 is 11.9 Å². The van der Waals surface area contributed by atoms with Crippen molar-refractivity contribution in [2.45, 2.75) is 61.4 Å². The lowest BCUT2D eigenvalue weighted by molar-refractivity contribution is -0.279. The zero-order valence-corrected chi connectivity index (χ0v) is 12.9. The molecule has 14 nitrogen and oxygen atoms in total. The summed E-state index contributed by atoms with van der Waals surface area (Å²) in [6, 6.07) is 0. The van der Waals surface area contributed by atoms with E-state index in [2.05, 4.69) is 9.47 Å². The first kappa shape index (κ1) is 22.6.